The van der Waals surface area contributed by atoms with Crippen LogP contribution in [0, 0.1) is 0 Å². The van der Waals surface area contributed by atoms with Crippen LogP contribution in [0.15, 0.2) is 36.5 Å². The molecule has 0 bridgehead atoms. The first-order valence-corrected chi connectivity index (χ1v) is 7.18. The Hall–Kier alpha value is -2.05. The number of thiol groups is 1. The molecular weight excluding hydrogens is 284 g/mol. The summed E-state index contributed by atoms with van der Waals surface area (Å²) >= 11 is 4.27. The van der Waals surface area contributed by atoms with Gasteiger partial charge in [-0.3, -0.25) is 4.79 Å². The average molecular weight is 300 g/mol. The van der Waals surface area contributed by atoms with Gasteiger partial charge in [0, 0.05) is 18.0 Å². The lowest BCUT2D eigenvalue weighted by molar-refractivity contribution is -0.113. The number of rotatable bonds is 3. The van der Waals surface area contributed by atoms with Crippen molar-refractivity contribution in [2.24, 2.45) is 5.73 Å². The summed E-state index contributed by atoms with van der Waals surface area (Å²) in [6.07, 6.45) is 6.26. The number of fused-ring (bicyclic) bond motifs is 1. The Morgan fingerprint density at radius 2 is 2.33 bits per heavy atom. The van der Waals surface area contributed by atoms with E-state index in [1.54, 1.807) is 10.9 Å². The number of nitrogens with zero attached hydrogens (tertiary/aromatic N) is 2. The SMILES string of the molecule is NC(=O)/C=C(\S)n1ncc2cc(C3=CCNCC3)ccc21. The van der Waals surface area contributed by atoms with E-state index in [2.05, 4.69) is 41.3 Å². The van der Waals surface area contributed by atoms with Crippen molar-refractivity contribution in [2.75, 3.05) is 13.1 Å². The lowest BCUT2D eigenvalue weighted by Gasteiger charge is -2.14. The lowest BCUT2D eigenvalue weighted by Crippen LogP contribution is -2.19. The molecule has 21 heavy (non-hydrogen) atoms. The van der Waals surface area contributed by atoms with Crippen molar-refractivity contribution >= 4 is 40.0 Å². The molecule has 1 aromatic carbocycles. The summed E-state index contributed by atoms with van der Waals surface area (Å²) < 4.78 is 1.60. The lowest BCUT2D eigenvalue weighted by atomic mass is 9.99. The van der Waals surface area contributed by atoms with Crippen LogP contribution < -0.4 is 11.1 Å². The second kappa shape index (κ2) is 5.75. The zero-order chi connectivity index (χ0) is 14.8. The first-order chi connectivity index (χ1) is 10.1. The van der Waals surface area contributed by atoms with Gasteiger partial charge in [-0.05, 0) is 36.2 Å². The number of nitrogens with two attached hydrogens (primary N) is 1. The molecule has 6 heteroatoms. The van der Waals surface area contributed by atoms with Crippen LogP contribution in [0.2, 0.25) is 0 Å². The van der Waals surface area contributed by atoms with Crippen LogP contribution >= 0.6 is 12.6 Å². The number of nitrogens with one attached hydrogen (secondary N) is 1. The second-order valence-electron chi connectivity index (χ2n) is 4.92. The van der Waals surface area contributed by atoms with Crippen LogP contribution in [0.4, 0.5) is 0 Å². The topological polar surface area (TPSA) is 72.9 Å². The Balaban J connectivity index is 2.01. The van der Waals surface area contributed by atoms with Gasteiger partial charge in [0.1, 0.15) is 5.03 Å². The van der Waals surface area contributed by atoms with Crippen molar-refractivity contribution in [2.45, 2.75) is 6.42 Å². The molecule has 0 radical (unpaired) electrons. The number of carbonyl (C=O) groups excluding carboxylic acids is 1. The smallest absolute Gasteiger partial charge is 0.244 e. The molecule has 3 N–H and O–H groups in total. The van der Waals surface area contributed by atoms with Crippen LogP contribution in [0.1, 0.15) is 12.0 Å². The molecule has 1 aliphatic rings. The number of hydrogen-bond donors (Lipinski definition) is 3. The van der Waals surface area contributed by atoms with Crippen LogP contribution in [0.25, 0.3) is 21.5 Å². The van der Waals surface area contributed by atoms with E-state index in [1.807, 2.05) is 6.07 Å². The van der Waals surface area contributed by atoms with Crippen molar-refractivity contribution in [1.82, 2.24) is 15.1 Å². The summed E-state index contributed by atoms with van der Waals surface area (Å²) in [6.45, 7) is 1.92. The molecule has 2 aromatic rings. The van der Waals surface area contributed by atoms with E-state index in [-0.39, 0.29) is 0 Å². The third-order valence-corrected chi connectivity index (χ3v) is 3.81. The summed E-state index contributed by atoms with van der Waals surface area (Å²) in [4.78, 5) is 10.9. The van der Waals surface area contributed by atoms with E-state index in [0.717, 1.165) is 30.4 Å². The standard InChI is InChI=1S/C15H16N4OS/c16-14(20)8-15(21)19-13-2-1-11(7-12(13)9-18-19)10-3-5-17-6-4-10/h1-3,7-9,17,21H,4-6H2,(H2,16,20)/b15-8-. The predicted octanol–water partition coefficient (Wildman–Crippen LogP) is 1.63. The highest BCUT2D eigenvalue weighted by molar-refractivity contribution is 7.90. The third-order valence-electron chi connectivity index (χ3n) is 3.49. The van der Waals surface area contributed by atoms with E-state index >= 15 is 0 Å². The van der Waals surface area contributed by atoms with Gasteiger partial charge in [0.25, 0.3) is 0 Å². The normalized spacial score (nSPS) is 16.0. The van der Waals surface area contributed by atoms with Gasteiger partial charge in [-0.2, -0.15) is 5.10 Å². The molecule has 1 aromatic heterocycles. The molecule has 1 aliphatic heterocycles. The second-order valence-corrected chi connectivity index (χ2v) is 5.38. The number of carbonyl (C=O) groups is 1. The van der Waals surface area contributed by atoms with Crippen molar-refractivity contribution in [3.63, 3.8) is 0 Å². The van der Waals surface area contributed by atoms with Crippen LogP contribution in [0.3, 0.4) is 0 Å². The maximum atomic E-state index is 10.9. The highest BCUT2D eigenvalue weighted by Gasteiger charge is 2.10. The van der Waals surface area contributed by atoms with Gasteiger partial charge in [0.2, 0.25) is 5.91 Å². The fourth-order valence-electron chi connectivity index (χ4n) is 2.49. The summed E-state index contributed by atoms with van der Waals surface area (Å²) in [6, 6.07) is 6.18. The first-order valence-electron chi connectivity index (χ1n) is 6.73. The molecule has 0 spiro atoms. The molecule has 0 atom stereocenters. The van der Waals surface area contributed by atoms with Gasteiger partial charge in [0.15, 0.2) is 0 Å². The zero-order valence-corrected chi connectivity index (χ0v) is 12.3. The Labute approximate surface area is 127 Å². The zero-order valence-electron chi connectivity index (χ0n) is 11.4. The maximum absolute atomic E-state index is 10.9. The minimum absolute atomic E-state index is 0.409. The first kappa shape index (κ1) is 13.9. The van der Waals surface area contributed by atoms with E-state index in [1.165, 1.54) is 17.2 Å². The van der Waals surface area contributed by atoms with Gasteiger partial charge < -0.3 is 11.1 Å². The van der Waals surface area contributed by atoms with Gasteiger partial charge >= 0.3 is 0 Å². The molecule has 1 amide bonds. The van der Waals surface area contributed by atoms with Crippen LogP contribution in [0.5, 0.6) is 0 Å². The minimum atomic E-state index is -0.542. The van der Waals surface area contributed by atoms with E-state index in [0.29, 0.717) is 5.03 Å². The highest BCUT2D eigenvalue weighted by Crippen LogP contribution is 2.26. The number of hydrogen-bond acceptors (Lipinski definition) is 4. The Morgan fingerprint density at radius 3 is 3.05 bits per heavy atom. The highest BCUT2D eigenvalue weighted by atomic mass is 32.1. The number of aromatic nitrogens is 2. The predicted molar refractivity (Wildman–Crippen MR) is 87.7 cm³/mol. The monoisotopic (exact) mass is 300 g/mol. The van der Waals surface area contributed by atoms with Crippen molar-refractivity contribution in [3.8, 4) is 0 Å². The molecule has 5 nitrogen and oxygen atoms in total. The number of amides is 1. The van der Waals surface area contributed by atoms with Gasteiger partial charge in [-0.25, -0.2) is 4.68 Å². The summed E-state index contributed by atoms with van der Waals surface area (Å²) in [5.41, 5.74) is 8.61. The fourth-order valence-corrected chi connectivity index (χ4v) is 2.77. The quantitative estimate of drug-likeness (QED) is 0.596. The van der Waals surface area contributed by atoms with E-state index < -0.39 is 5.91 Å². The summed E-state index contributed by atoms with van der Waals surface area (Å²) in [5, 5.41) is 8.99. The van der Waals surface area contributed by atoms with Gasteiger partial charge in [-0.15, -0.1) is 12.6 Å². The Morgan fingerprint density at radius 1 is 1.48 bits per heavy atom. The van der Waals surface area contributed by atoms with Crippen molar-refractivity contribution < 1.29 is 4.79 Å². The molecule has 2 heterocycles. The van der Waals surface area contributed by atoms with Crippen LogP contribution in [-0.4, -0.2) is 28.8 Å². The molecule has 0 saturated carbocycles. The summed E-state index contributed by atoms with van der Waals surface area (Å²) in [5.74, 6) is -0.542. The van der Waals surface area contributed by atoms with Gasteiger partial charge in [0.05, 0.1) is 11.7 Å². The minimum Gasteiger partial charge on any atom is -0.366 e. The molecule has 3 rings (SSSR count). The molecule has 108 valence electrons. The van der Waals surface area contributed by atoms with Crippen molar-refractivity contribution in [3.05, 3.63) is 42.1 Å². The largest absolute Gasteiger partial charge is 0.366 e. The fraction of sp³-hybridized carbons (Fsp3) is 0.200. The Bertz CT molecular complexity index is 760. The molecule has 0 fully saturated rings. The third kappa shape index (κ3) is 2.86. The van der Waals surface area contributed by atoms with Gasteiger partial charge in [-0.1, -0.05) is 12.1 Å². The number of benzene rings is 1. The summed E-state index contributed by atoms with van der Waals surface area (Å²) in [7, 11) is 0. The molecule has 0 aliphatic carbocycles. The Kier molecular flexibility index (Phi) is 3.81. The molecular formula is C15H16N4OS. The number of primary amides is 1. The average Bonchev–Trinajstić information content (AvgIpc) is 2.90. The van der Waals surface area contributed by atoms with E-state index in [9.17, 15) is 4.79 Å². The van der Waals surface area contributed by atoms with E-state index in [4.69, 9.17) is 5.73 Å². The van der Waals surface area contributed by atoms with Crippen molar-refractivity contribution in [1.29, 1.82) is 0 Å². The molecule has 0 unspecified atom stereocenters. The van der Waals surface area contributed by atoms with Crippen LogP contribution in [-0.2, 0) is 4.79 Å². The maximum Gasteiger partial charge on any atom is 0.244 e. The molecule has 0 saturated heterocycles.